The summed E-state index contributed by atoms with van der Waals surface area (Å²) in [5, 5.41) is 64.0. The molecule has 0 saturated heterocycles. The van der Waals surface area contributed by atoms with E-state index in [1.807, 2.05) is 18.7 Å². The van der Waals surface area contributed by atoms with Gasteiger partial charge in [0.25, 0.3) is 6.67 Å². The Morgan fingerprint density at radius 3 is 1.83 bits per heavy atom. The highest BCUT2D eigenvalue weighted by atomic mass is 16.6. The molecule has 0 aromatic rings. The van der Waals surface area contributed by atoms with E-state index >= 15 is 0 Å². The second kappa shape index (κ2) is 27.1. The molecule has 0 spiro atoms. The van der Waals surface area contributed by atoms with E-state index in [-0.39, 0.29) is 51.8 Å². The molecule has 178 valence electrons. The van der Waals surface area contributed by atoms with Crippen LogP contribution in [-0.2, 0) is 0 Å². The van der Waals surface area contributed by atoms with Gasteiger partial charge < -0.3 is 30.6 Å². The van der Waals surface area contributed by atoms with E-state index in [1.54, 1.807) is 0 Å². The Kier molecular flexibility index (Phi) is 30.6. The van der Waals surface area contributed by atoms with E-state index in [1.165, 1.54) is 0 Å². The van der Waals surface area contributed by atoms with Gasteiger partial charge >= 0.3 is 0 Å². The minimum Gasteiger partial charge on any atom is -0.396 e. The molecule has 0 bridgehead atoms. The van der Waals surface area contributed by atoms with Gasteiger partial charge in [-0.05, 0) is 32.1 Å². The molecule has 7 N–H and O–H groups in total. The average Bonchev–Trinajstić information content (AvgIpc) is 2.69. The first kappa shape index (κ1) is 32.7. The molecule has 0 saturated carbocycles. The van der Waals surface area contributed by atoms with Gasteiger partial charge in [0.2, 0.25) is 0 Å². The summed E-state index contributed by atoms with van der Waals surface area (Å²) < 4.78 is 0. The molecular weight excluding hydrogens is 386 g/mol. The van der Waals surface area contributed by atoms with Crippen molar-refractivity contribution >= 4 is 0 Å². The van der Waals surface area contributed by atoms with E-state index in [0.717, 1.165) is 25.7 Å². The van der Waals surface area contributed by atoms with Gasteiger partial charge in [-0.2, -0.15) is 0 Å². The lowest BCUT2D eigenvalue weighted by Gasteiger charge is -2.22. The van der Waals surface area contributed by atoms with E-state index < -0.39 is 4.92 Å². The summed E-state index contributed by atoms with van der Waals surface area (Å²) in [5.74, 6) is 0. The van der Waals surface area contributed by atoms with Crippen LogP contribution in [0, 0.1) is 10.1 Å². The maximum absolute atomic E-state index is 9.54. The zero-order valence-electron chi connectivity index (χ0n) is 17.9. The van der Waals surface area contributed by atoms with Crippen LogP contribution in [0.5, 0.6) is 0 Å². The van der Waals surface area contributed by atoms with Gasteiger partial charge in [0.15, 0.2) is 0 Å². The van der Waals surface area contributed by atoms with Crippen molar-refractivity contribution in [3.8, 4) is 0 Å². The molecule has 0 aliphatic carbocycles. The molecule has 0 radical (unpaired) electrons. The number of hydrogen-bond acceptors (Lipinski definition) is 10. The summed E-state index contributed by atoms with van der Waals surface area (Å²) in [7, 11) is 0. The lowest BCUT2D eigenvalue weighted by Crippen LogP contribution is -2.36. The first-order valence-electron chi connectivity index (χ1n) is 10.2. The topological polar surface area (TPSA) is 180 Å². The van der Waals surface area contributed by atoms with Crippen molar-refractivity contribution in [1.82, 2.24) is 10.2 Å². The molecule has 0 amide bonds. The predicted octanol–water partition coefficient (Wildman–Crippen LogP) is -1.23. The lowest BCUT2D eigenvalue weighted by molar-refractivity contribution is -0.485. The third-order valence-corrected chi connectivity index (χ3v) is 3.72. The van der Waals surface area contributed by atoms with Crippen LogP contribution in [0.1, 0.15) is 46.0 Å². The summed E-state index contributed by atoms with van der Waals surface area (Å²) in [6, 6.07) is 0. The summed E-state index contributed by atoms with van der Waals surface area (Å²) in [5.41, 5.74) is 0. The number of rotatable bonds is 16. The third-order valence-electron chi connectivity index (χ3n) is 3.72. The summed E-state index contributed by atoms with van der Waals surface area (Å²) >= 11 is 0. The molecule has 11 nitrogen and oxygen atoms in total. The van der Waals surface area contributed by atoms with Crippen molar-refractivity contribution < 1.29 is 35.6 Å². The van der Waals surface area contributed by atoms with Gasteiger partial charge in [-0.1, -0.05) is 13.8 Å². The molecule has 0 aromatic carbocycles. The molecule has 29 heavy (non-hydrogen) atoms. The Labute approximate surface area is 174 Å². The van der Waals surface area contributed by atoms with Crippen LogP contribution in [0.3, 0.4) is 0 Å². The number of nitro groups is 1. The van der Waals surface area contributed by atoms with Crippen LogP contribution < -0.4 is 5.32 Å². The second-order valence-corrected chi connectivity index (χ2v) is 6.31. The fraction of sp³-hybridized carbons (Fsp3) is 1.00. The molecule has 2 atom stereocenters. The van der Waals surface area contributed by atoms with Gasteiger partial charge in [-0.15, -0.1) is 0 Å². The highest BCUT2D eigenvalue weighted by molar-refractivity contribution is 4.62. The van der Waals surface area contributed by atoms with Crippen LogP contribution in [0.15, 0.2) is 0 Å². The fourth-order valence-corrected chi connectivity index (χ4v) is 1.95. The SMILES string of the molecule is CCC(O)CCCCO.CCC(O)CN(CCO)CCO.O=[N+]([O-])CNCCO. The number of nitrogens with one attached hydrogen (secondary N) is 1. The van der Waals surface area contributed by atoms with Gasteiger partial charge in [-0.25, -0.2) is 0 Å². The Balaban J connectivity index is -0.000000359. The quantitative estimate of drug-likeness (QED) is 0.0679. The molecule has 0 rings (SSSR count). The fourth-order valence-electron chi connectivity index (χ4n) is 1.95. The molecule has 0 aromatic heterocycles. The third kappa shape index (κ3) is 32.0. The molecule has 11 heteroatoms. The number of nitrogens with zero attached hydrogens (tertiary/aromatic N) is 2. The summed E-state index contributed by atoms with van der Waals surface area (Å²) in [4.78, 5) is 10.9. The van der Waals surface area contributed by atoms with Crippen LogP contribution in [0.2, 0.25) is 0 Å². The van der Waals surface area contributed by atoms with Crippen LogP contribution >= 0.6 is 0 Å². The molecule has 0 fully saturated rings. The molecule has 0 heterocycles. The molecular formula is C18H43N3O8. The average molecular weight is 430 g/mol. The van der Waals surface area contributed by atoms with Crippen molar-refractivity contribution in [3.05, 3.63) is 10.1 Å². The zero-order chi connectivity index (χ0) is 22.9. The first-order valence-corrected chi connectivity index (χ1v) is 10.2. The van der Waals surface area contributed by atoms with Crippen molar-refractivity contribution in [1.29, 1.82) is 0 Å². The Morgan fingerprint density at radius 1 is 0.897 bits per heavy atom. The largest absolute Gasteiger partial charge is 0.396 e. The molecule has 0 aliphatic rings. The lowest BCUT2D eigenvalue weighted by atomic mass is 10.1. The monoisotopic (exact) mass is 429 g/mol. The minimum absolute atomic E-state index is 0.0617. The Morgan fingerprint density at radius 2 is 1.45 bits per heavy atom. The van der Waals surface area contributed by atoms with Crippen molar-refractivity contribution in [2.24, 2.45) is 0 Å². The molecule has 0 aliphatic heterocycles. The summed E-state index contributed by atoms with van der Waals surface area (Å²) in [6.45, 7) is 5.73. The number of hydrogen-bond donors (Lipinski definition) is 7. The van der Waals surface area contributed by atoms with Crippen LogP contribution in [-0.4, -0.2) is 112 Å². The first-order chi connectivity index (χ1) is 13.8. The highest BCUT2D eigenvalue weighted by Crippen LogP contribution is 2.02. The Bertz CT molecular complexity index is 321. The van der Waals surface area contributed by atoms with Gasteiger partial charge in [0.1, 0.15) is 0 Å². The number of unbranched alkanes of at least 4 members (excludes halogenated alkanes) is 1. The van der Waals surface area contributed by atoms with E-state index in [9.17, 15) is 15.2 Å². The van der Waals surface area contributed by atoms with E-state index in [0.29, 0.717) is 26.1 Å². The van der Waals surface area contributed by atoms with E-state index in [4.69, 9.17) is 25.5 Å². The predicted molar refractivity (Wildman–Crippen MR) is 111 cm³/mol. The maximum Gasteiger partial charge on any atom is 0.256 e. The molecule has 2 unspecified atom stereocenters. The smallest absolute Gasteiger partial charge is 0.256 e. The second-order valence-electron chi connectivity index (χ2n) is 6.31. The maximum atomic E-state index is 9.54. The highest BCUT2D eigenvalue weighted by Gasteiger charge is 2.08. The normalized spacial score (nSPS) is 12.4. The minimum atomic E-state index is -0.490. The van der Waals surface area contributed by atoms with Gasteiger partial charge in [0, 0.05) is 37.7 Å². The zero-order valence-corrected chi connectivity index (χ0v) is 17.9. The van der Waals surface area contributed by atoms with Crippen molar-refractivity contribution in [3.63, 3.8) is 0 Å². The van der Waals surface area contributed by atoms with E-state index in [2.05, 4.69) is 5.32 Å². The summed E-state index contributed by atoms with van der Waals surface area (Å²) in [6.07, 6.45) is 3.60. The van der Waals surface area contributed by atoms with Crippen LogP contribution in [0.4, 0.5) is 0 Å². The standard InChI is InChI=1S/C8H19NO3.C7H16O2.C3H8N2O3/c1-2-8(12)7-9(3-5-10)4-6-11;1-2-7(9)5-3-4-6-8;6-2-1-4-3-5(7)8/h8,10-12H,2-7H2,1H3;7-9H,2-6H2,1H3;4,6H,1-3H2. The van der Waals surface area contributed by atoms with Gasteiger partial charge in [0.05, 0.1) is 32.0 Å². The van der Waals surface area contributed by atoms with Crippen molar-refractivity contribution in [2.45, 2.75) is 58.2 Å². The number of aliphatic hydroxyl groups excluding tert-OH is 6. The van der Waals surface area contributed by atoms with Crippen molar-refractivity contribution in [2.75, 3.05) is 59.3 Å². The number of aliphatic hydroxyl groups is 6. The van der Waals surface area contributed by atoms with Gasteiger partial charge in [-0.3, -0.25) is 20.3 Å². The Hall–Kier alpha value is -0.920. The van der Waals surface area contributed by atoms with Crippen LogP contribution in [0.25, 0.3) is 0 Å².